The predicted molar refractivity (Wildman–Crippen MR) is 229 cm³/mol. The van der Waals surface area contributed by atoms with Crippen LogP contribution in [0.3, 0.4) is 0 Å². The second kappa shape index (κ2) is 12.7. The van der Waals surface area contributed by atoms with E-state index >= 15 is 0 Å². The summed E-state index contributed by atoms with van der Waals surface area (Å²) in [6.07, 6.45) is 22.0. The van der Waals surface area contributed by atoms with Crippen LogP contribution in [-0.4, -0.2) is 0 Å². The van der Waals surface area contributed by atoms with E-state index < -0.39 is 5.41 Å². The van der Waals surface area contributed by atoms with Crippen LogP contribution in [0.2, 0.25) is 0 Å². The highest BCUT2D eigenvalue weighted by atomic mass is 15.2. The maximum absolute atomic E-state index is 2.52. The lowest BCUT2D eigenvalue weighted by atomic mass is 9.63. The first-order valence-electron chi connectivity index (χ1n) is 19.5. The number of anilines is 2. The Hall–Kier alpha value is -6.18. The molecule has 1 spiro atoms. The van der Waals surface area contributed by atoms with E-state index in [2.05, 4.69) is 208 Å². The Morgan fingerprint density at radius 2 is 1.33 bits per heavy atom. The molecule has 54 heavy (non-hydrogen) atoms. The van der Waals surface area contributed by atoms with Crippen molar-refractivity contribution >= 4 is 27.7 Å². The fraction of sp³-hybridized carbons (Fsp3) is 0.132. The molecule has 1 heteroatoms. The lowest BCUT2D eigenvalue weighted by Crippen LogP contribution is -2.40. The van der Waals surface area contributed by atoms with Crippen LogP contribution in [0, 0.1) is 18.8 Å². The van der Waals surface area contributed by atoms with Gasteiger partial charge >= 0.3 is 0 Å². The minimum atomic E-state index is -0.533. The zero-order valence-electron chi connectivity index (χ0n) is 31.1. The number of hydrogen-bond donors (Lipinski definition) is 0. The summed E-state index contributed by atoms with van der Waals surface area (Å²) >= 11 is 0. The molecule has 10 rings (SSSR count). The first-order chi connectivity index (χ1) is 26.6. The van der Waals surface area contributed by atoms with Gasteiger partial charge in [0.1, 0.15) is 0 Å². The summed E-state index contributed by atoms with van der Waals surface area (Å²) < 4.78 is 0. The Balaban J connectivity index is 1.27. The van der Waals surface area contributed by atoms with Crippen LogP contribution in [0.15, 0.2) is 193 Å². The van der Waals surface area contributed by atoms with Crippen LogP contribution >= 0.6 is 0 Å². The maximum Gasteiger partial charge on any atom is 0.0751 e. The van der Waals surface area contributed by atoms with Crippen LogP contribution in [0.5, 0.6) is 0 Å². The third kappa shape index (κ3) is 4.85. The van der Waals surface area contributed by atoms with Gasteiger partial charge < -0.3 is 4.90 Å². The molecule has 0 radical (unpaired) electrons. The number of hydrogen-bond acceptors (Lipinski definition) is 1. The summed E-state index contributed by atoms with van der Waals surface area (Å²) in [6.45, 7) is 6.70. The number of nitrogens with zero attached hydrogens (tertiary/aromatic N) is 1. The summed E-state index contributed by atoms with van der Waals surface area (Å²) in [5, 5.41) is 2.52. The van der Waals surface area contributed by atoms with E-state index in [0.717, 1.165) is 6.42 Å². The largest absolute Gasteiger partial charge is 0.310 e. The molecule has 260 valence electrons. The van der Waals surface area contributed by atoms with Gasteiger partial charge in [-0.1, -0.05) is 153 Å². The monoisotopic (exact) mass is 693 g/mol. The Bertz CT molecular complexity index is 2690. The molecule has 6 aromatic rings. The average molecular weight is 694 g/mol. The van der Waals surface area contributed by atoms with Crippen molar-refractivity contribution in [1.29, 1.82) is 0 Å². The molecule has 0 amide bonds. The highest BCUT2D eigenvalue weighted by Gasteiger charge is 2.53. The number of benzene rings is 6. The van der Waals surface area contributed by atoms with Gasteiger partial charge in [0, 0.05) is 23.2 Å². The normalized spacial score (nSPS) is 22.1. The molecule has 4 aliphatic rings. The molecular formula is C53H43N. The minimum absolute atomic E-state index is 0.377. The first-order valence-corrected chi connectivity index (χ1v) is 19.5. The number of rotatable bonds is 4. The molecule has 0 fully saturated rings. The highest BCUT2D eigenvalue weighted by Crippen LogP contribution is 2.64. The predicted octanol–water partition coefficient (Wildman–Crippen LogP) is 13.8. The summed E-state index contributed by atoms with van der Waals surface area (Å²) in [6, 6.07) is 48.2. The van der Waals surface area contributed by atoms with Crippen molar-refractivity contribution < 1.29 is 0 Å². The fourth-order valence-electron chi connectivity index (χ4n) is 9.68. The molecule has 1 heterocycles. The third-order valence-electron chi connectivity index (χ3n) is 12.1. The second-order valence-corrected chi connectivity index (χ2v) is 15.1. The van der Waals surface area contributed by atoms with Gasteiger partial charge in [0.25, 0.3) is 0 Å². The van der Waals surface area contributed by atoms with E-state index in [4.69, 9.17) is 0 Å². The number of allylic oxidation sites excluding steroid dienone is 11. The van der Waals surface area contributed by atoms with Gasteiger partial charge in [-0.2, -0.15) is 0 Å². The van der Waals surface area contributed by atoms with Crippen LogP contribution in [0.4, 0.5) is 11.4 Å². The Morgan fingerprint density at radius 3 is 2.13 bits per heavy atom. The second-order valence-electron chi connectivity index (χ2n) is 15.1. The van der Waals surface area contributed by atoms with Crippen molar-refractivity contribution in [2.24, 2.45) is 11.8 Å². The summed E-state index contributed by atoms with van der Waals surface area (Å²) in [5.41, 5.74) is 17.4. The van der Waals surface area contributed by atoms with Crippen LogP contribution in [-0.2, 0) is 5.41 Å². The molecule has 3 unspecified atom stereocenters. The molecule has 6 aromatic carbocycles. The molecule has 3 atom stereocenters. The number of para-hydroxylation sites is 1. The fourth-order valence-corrected chi connectivity index (χ4v) is 9.68. The average Bonchev–Trinajstić information content (AvgIpc) is 3.50. The van der Waals surface area contributed by atoms with E-state index in [1.165, 1.54) is 89.1 Å². The Morgan fingerprint density at radius 1 is 0.630 bits per heavy atom. The van der Waals surface area contributed by atoms with Crippen molar-refractivity contribution in [3.63, 3.8) is 0 Å². The zero-order valence-corrected chi connectivity index (χ0v) is 31.1. The quantitative estimate of drug-likeness (QED) is 0.178. The minimum Gasteiger partial charge on any atom is -0.310 e. The van der Waals surface area contributed by atoms with Gasteiger partial charge in [-0.15, -0.1) is 0 Å². The molecular weight excluding hydrogens is 651 g/mol. The zero-order chi connectivity index (χ0) is 36.4. The molecule has 3 aliphatic carbocycles. The van der Waals surface area contributed by atoms with Crippen LogP contribution in [0.1, 0.15) is 48.1 Å². The molecule has 0 saturated heterocycles. The molecule has 0 bridgehead atoms. The van der Waals surface area contributed by atoms with Crippen molar-refractivity contribution in [2.45, 2.75) is 32.6 Å². The molecule has 1 nitrogen and oxygen atoms in total. The SMILES string of the molecule is C/C=C1\C(=C/CC)N(c2cccc(C)c2)c2ccccc2C12c1cc(C3=CC4C=CC=CC4C=C3)ccc1-c1ccc(-c3ccc4ccccc4c3)cc12. The van der Waals surface area contributed by atoms with Gasteiger partial charge in [-0.3, -0.25) is 0 Å². The topological polar surface area (TPSA) is 3.24 Å². The molecule has 0 N–H and O–H groups in total. The Labute approximate surface area is 319 Å². The van der Waals surface area contributed by atoms with Gasteiger partial charge in [-0.25, -0.2) is 0 Å². The van der Waals surface area contributed by atoms with E-state index in [0.29, 0.717) is 11.8 Å². The van der Waals surface area contributed by atoms with Gasteiger partial charge in [0.15, 0.2) is 0 Å². The van der Waals surface area contributed by atoms with Crippen molar-refractivity contribution in [3.05, 3.63) is 221 Å². The van der Waals surface area contributed by atoms with Crippen LogP contribution in [0.25, 0.3) is 38.6 Å². The smallest absolute Gasteiger partial charge is 0.0751 e. The van der Waals surface area contributed by atoms with Crippen LogP contribution < -0.4 is 4.90 Å². The van der Waals surface area contributed by atoms with E-state index in [1.54, 1.807) is 0 Å². The third-order valence-corrected chi connectivity index (χ3v) is 12.1. The van der Waals surface area contributed by atoms with E-state index in [1.807, 2.05) is 0 Å². The van der Waals surface area contributed by atoms with Crippen molar-refractivity contribution in [2.75, 3.05) is 4.90 Å². The maximum atomic E-state index is 2.52. The molecule has 1 aliphatic heterocycles. The first kappa shape index (κ1) is 32.5. The standard InChI is InChI=1S/C53H43N/c1-4-13-51-47(5-2)53(48-20-10-11-21-52(48)54(51)44-19-12-14-35(3)30-44)49-33-42(40-24-22-36-15-6-8-17-38(36)31-40)26-28-45(49)46-29-27-43(34-50(46)53)41-25-23-37-16-7-9-18-39(37)32-41/h5-34,36,38H,4H2,1-3H3/b47-5+,51-13+. The van der Waals surface area contributed by atoms with Gasteiger partial charge in [-0.05, 0) is 129 Å². The molecule has 0 aromatic heterocycles. The van der Waals surface area contributed by atoms with Crippen molar-refractivity contribution in [3.8, 4) is 22.3 Å². The number of aryl methyl sites for hydroxylation is 1. The van der Waals surface area contributed by atoms with Crippen molar-refractivity contribution in [1.82, 2.24) is 0 Å². The number of fused-ring (bicyclic) bond motifs is 9. The lowest BCUT2D eigenvalue weighted by molar-refractivity contribution is 0.663. The summed E-state index contributed by atoms with van der Waals surface area (Å²) in [7, 11) is 0. The van der Waals surface area contributed by atoms with Gasteiger partial charge in [0.2, 0.25) is 0 Å². The van der Waals surface area contributed by atoms with Gasteiger partial charge in [0.05, 0.1) is 11.1 Å². The highest BCUT2D eigenvalue weighted by molar-refractivity contribution is 5.96. The Kier molecular flexibility index (Phi) is 7.66. The van der Waals surface area contributed by atoms with E-state index in [9.17, 15) is 0 Å². The summed E-state index contributed by atoms with van der Waals surface area (Å²) in [4.78, 5) is 2.51. The van der Waals surface area contributed by atoms with E-state index in [-0.39, 0.29) is 0 Å². The molecule has 0 saturated carbocycles. The summed E-state index contributed by atoms with van der Waals surface area (Å²) in [5.74, 6) is 0.800. The lowest BCUT2D eigenvalue weighted by Gasteiger charge is -2.47.